The molecule has 2 saturated carbocycles. The molecular weight excluding hydrogens is 336 g/mol. The van der Waals surface area contributed by atoms with Crippen LogP contribution in [0.3, 0.4) is 0 Å². The molecule has 4 atom stereocenters. The van der Waals surface area contributed by atoms with Gasteiger partial charge < -0.3 is 0 Å². The SMILES string of the molecule is C=C1C=C2CCC3C(=C2CC1)C(c1ccc(C(C)C)cc1)CC1(C)CCCC31. The van der Waals surface area contributed by atoms with Crippen LogP contribution in [-0.2, 0) is 0 Å². The quantitative estimate of drug-likeness (QED) is 0.492. The van der Waals surface area contributed by atoms with Gasteiger partial charge in [0.2, 0.25) is 0 Å². The molecule has 0 N–H and O–H groups in total. The van der Waals surface area contributed by atoms with Gasteiger partial charge in [-0.05, 0) is 90.4 Å². The topological polar surface area (TPSA) is 0 Å². The average Bonchev–Trinajstić information content (AvgIpc) is 3.08. The van der Waals surface area contributed by atoms with Crippen molar-refractivity contribution in [1.29, 1.82) is 0 Å². The fourth-order valence-electron chi connectivity index (χ4n) is 7.17. The smallest absolute Gasteiger partial charge is 0.00622 e. The Morgan fingerprint density at radius 1 is 1.04 bits per heavy atom. The summed E-state index contributed by atoms with van der Waals surface area (Å²) in [6.07, 6.45) is 13.2. The lowest BCUT2D eigenvalue weighted by molar-refractivity contribution is 0.106. The molecule has 0 spiro atoms. The summed E-state index contributed by atoms with van der Waals surface area (Å²) in [6, 6.07) is 9.71. The van der Waals surface area contributed by atoms with Crippen molar-refractivity contribution in [2.24, 2.45) is 17.3 Å². The van der Waals surface area contributed by atoms with Gasteiger partial charge in [-0.2, -0.15) is 0 Å². The van der Waals surface area contributed by atoms with Gasteiger partial charge >= 0.3 is 0 Å². The van der Waals surface area contributed by atoms with Crippen molar-refractivity contribution in [3.8, 4) is 0 Å². The van der Waals surface area contributed by atoms with Crippen LogP contribution in [0.2, 0.25) is 0 Å². The summed E-state index contributed by atoms with van der Waals surface area (Å²) in [5.41, 5.74) is 10.2. The standard InChI is InChI=1S/C28H36/c1-18(2)20-8-10-21(11-9-20)25-17-28(4)15-5-6-26(28)24-14-12-22-16-19(3)7-13-23(22)27(24)25/h8-11,16,18,24-26H,3,5-7,12-15,17H2,1-2,4H3. The molecule has 0 nitrogen and oxygen atoms in total. The summed E-state index contributed by atoms with van der Waals surface area (Å²) >= 11 is 0. The molecule has 1 aromatic carbocycles. The molecule has 0 radical (unpaired) electrons. The number of rotatable bonds is 2. The number of hydrogen-bond acceptors (Lipinski definition) is 0. The van der Waals surface area contributed by atoms with Gasteiger partial charge in [-0.15, -0.1) is 0 Å². The molecule has 0 bridgehead atoms. The molecule has 0 heterocycles. The number of fused-ring (bicyclic) bond motifs is 4. The molecule has 0 aliphatic heterocycles. The molecule has 28 heavy (non-hydrogen) atoms. The van der Waals surface area contributed by atoms with E-state index in [1.165, 1.54) is 56.1 Å². The van der Waals surface area contributed by atoms with Crippen LogP contribution in [0.15, 0.2) is 59.2 Å². The van der Waals surface area contributed by atoms with Crippen LogP contribution in [-0.4, -0.2) is 0 Å². The third kappa shape index (κ3) is 2.87. The van der Waals surface area contributed by atoms with Gasteiger partial charge in [0.25, 0.3) is 0 Å². The first-order chi connectivity index (χ1) is 13.5. The van der Waals surface area contributed by atoms with Gasteiger partial charge in [0, 0.05) is 5.92 Å². The summed E-state index contributed by atoms with van der Waals surface area (Å²) < 4.78 is 0. The van der Waals surface area contributed by atoms with Crippen LogP contribution in [0.4, 0.5) is 0 Å². The maximum absolute atomic E-state index is 4.28. The van der Waals surface area contributed by atoms with Crippen molar-refractivity contribution in [2.75, 3.05) is 0 Å². The molecule has 0 heteroatoms. The maximum Gasteiger partial charge on any atom is 0.00622 e. The van der Waals surface area contributed by atoms with E-state index in [-0.39, 0.29) is 0 Å². The first kappa shape index (κ1) is 18.5. The molecule has 148 valence electrons. The van der Waals surface area contributed by atoms with Crippen molar-refractivity contribution in [2.45, 2.75) is 84.0 Å². The highest BCUT2D eigenvalue weighted by Crippen LogP contribution is 2.63. The minimum absolute atomic E-state index is 0.551. The minimum atomic E-state index is 0.551. The molecule has 0 amide bonds. The van der Waals surface area contributed by atoms with Gasteiger partial charge in [-0.1, -0.05) is 75.3 Å². The van der Waals surface area contributed by atoms with Gasteiger partial charge in [-0.3, -0.25) is 0 Å². The molecule has 1 aromatic rings. The maximum atomic E-state index is 4.28. The number of hydrogen-bond donors (Lipinski definition) is 0. The molecule has 0 saturated heterocycles. The lowest BCUT2D eigenvalue weighted by Gasteiger charge is -2.51. The fourth-order valence-corrected chi connectivity index (χ4v) is 7.17. The third-order valence-electron chi connectivity index (χ3n) is 8.63. The predicted molar refractivity (Wildman–Crippen MR) is 120 cm³/mol. The predicted octanol–water partition coefficient (Wildman–Crippen LogP) is 8.09. The lowest BCUT2D eigenvalue weighted by atomic mass is 9.53. The zero-order valence-electron chi connectivity index (χ0n) is 18.1. The highest BCUT2D eigenvalue weighted by atomic mass is 14.6. The Bertz CT molecular complexity index is 847. The largest absolute Gasteiger partial charge is 0.0958 e. The van der Waals surface area contributed by atoms with E-state index < -0.39 is 0 Å². The Morgan fingerprint density at radius 3 is 2.57 bits per heavy atom. The summed E-state index contributed by atoms with van der Waals surface area (Å²) in [5, 5.41) is 0. The van der Waals surface area contributed by atoms with Crippen molar-refractivity contribution in [3.63, 3.8) is 0 Å². The minimum Gasteiger partial charge on any atom is -0.0958 e. The first-order valence-corrected chi connectivity index (χ1v) is 11.7. The zero-order chi connectivity index (χ0) is 19.5. The Balaban J connectivity index is 1.63. The van der Waals surface area contributed by atoms with E-state index in [4.69, 9.17) is 0 Å². The second kappa shape index (κ2) is 6.75. The van der Waals surface area contributed by atoms with E-state index in [1.807, 2.05) is 5.57 Å². The monoisotopic (exact) mass is 372 g/mol. The molecule has 2 fully saturated rings. The van der Waals surface area contributed by atoms with Gasteiger partial charge in [0.15, 0.2) is 0 Å². The summed E-state index contributed by atoms with van der Waals surface area (Å²) in [5.74, 6) is 3.00. The van der Waals surface area contributed by atoms with E-state index in [2.05, 4.69) is 57.7 Å². The number of benzene rings is 1. The molecule has 4 aliphatic carbocycles. The Labute approximate surface area is 171 Å². The summed E-state index contributed by atoms with van der Waals surface area (Å²) in [6.45, 7) is 11.5. The van der Waals surface area contributed by atoms with E-state index in [0.717, 1.165) is 18.3 Å². The van der Waals surface area contributed by atoms with Crippen molar-refractivity contribution in [3.05, 3.63) is 70.3 Å². The van der Waals surface area contributed by atoms with Gasteiger partial charge in [0.05, 0.1) is 0 Å². The van der Waals surface area contributed by atoms with Crippen LogP contribution < -0.4 is 0 Å². The lowest BCUT2D eigenvalue weighted by Crippen LogP contribution is -2.40. The van der Waals surface area contributed by atoms with Crippen molar-refractivity contribution < 1.29 is 0 Å². The highest BCUT2D eigenvalue weighted by molar-refractivity contribution is 5.51. The molecule has 4 aliphatic rings. The Hall–Kier alpha value is -1.56. The van der Waals surface area contributed by atoms with Crippen LogP contribution in [0.1, 0.15) is 95.1 Å². The Morgan fingerprint density at radius 2 is 1.82 bits per heavy atom. The summed E-state index contributed by atoms with van der Waals surface area (Å²) in [7, 11) is 0. The van der Waals surface area contributed by atoms with Crippen molar-refractivity contribution >= 4 is 0 Å². The molecule has 5 rings (SSSR count). The average molecular weight is 373 g/mol. The van der Waals surface area contributed by atoms with E-state index >= 15 is 0 Å². The van der Waals surface area contributed by atoms with E-state index in [0.29, 0.717) is 17.3 Å². The second-order valence-corrected chi connectivity index (χ2v) is 10.6. The first-order valence-electron chi connectivity index (χ1n) is 11.7. The number of allylic oxidation sites excluding steroid dienone is 5. The second-order valence-electron chi connectivity index (χ2n) is 10.6. The van der Waals surface area contributed by atoms with Gasteiger partial charge in [-0.25, -0.2) is 0 Å². The summed E-state index contributed by atoms with van der Waals surface area (Å²) in [4.78, 5) is 0. The zero-order valence-corrected chi connectivity index (χ0v) is 18.1. The highest BCUT2D eigenvalue weighted by Gasteiger charge is 2.52. The molecule has 4 unspecified atom stereocenters. The van der Waals surface area contributed by atoms with Gasteiger partial charge in [0.1, 0.15) is 0 Å². The van der Waals surface area contributed by atoms with Crippen LogP contribution >= 0.6 is 0 Å². The fraction of sp³-hybridized carbons (Fsp3) is 0.571. The Kier molecular flexibility index (Phi) is 4.45. The van der Waals surface area contributed by atoms with E-state index in [1.54, 1.807) is 16.7 Å². The van der Waals surface area contributed by atoms with Crippen LogP contribution in [0, 0.1) is 17.3 Å². The third-order valence-corrected chi connectivity index (χ3v) is 8.63. The normalized spacial score (nSPS) is 34.8. The van der Waals surface area contributed by atoms with Crippen LogP contribution in [0.5, 0.6) is 0 Å². The van der Waals surface area contributed by atoms with Crippen LogP contribution in [0.25, 0.3) is 0 Å². The van der Waals surface area contributed by atoms with Crippen molar-refractivity contribution in [1.82, 2.24) is 0 Å². The van der Waals surface area contributed by atoms with E-state index in [9.17, 15) is 0 Å². The molecular formula is C28H36. The molecule has 0 aromatic heterocycles.